The van der Waals surface area contributed by atoms with Crippen LogP contribution in [-0.4, -0.2) is 71.2 Å². The lowest BCUT2D eigenvalue weighted by Gasteiger charge is -2.69. The van der Waals surface area contributed by atoms with Crippen LogP contribution in [0, 0.1) is 34.5 Å². The van der Waals surface area contributed by atoms with Crippen LogP contribution < -0.4 is 0 Å². The summed E-state index contributed by atoms with van der Waals surface area (Å²) < 4.78 is 11.9. The Hall–Kier alpha value is -0.690. The lowest BCUT2D eigenvalue weighted by molar-refractivity contribution is -0.269. The second kappa shape index (κ2) is 5.32. The highest BCUT2D eigenvalue weighted by atomic mass is 16.5. The van der Waals surface area contributed by atoms with E-state index in [1.807, 2.05) is 0 Å². The molecule has 9 bridgehead atoms. The minimum atomic E-state index is -1.17. The van der Waals surface area contributed by atoms with Gasteiger partial charge in [-0.2, -0.15) is 0 Å². The Morgan fingerprint density at radius 2 is 2.11 bits per heavy atom. The summed E-state index contributed by atoms with van der Waals surface area (Å²) in [6, 6.07) is 0.0757. The van der Waals surface area contributed by atoms with E-state index in [0.717, 1.165) is 32.4 Å². The van der Waals surface area contributed by atoms with Crippen LogP contribution in [0.2, 0.25) is 0 Å². The first-order valence-corrected chi connectivity index (χ1v) is 11.2. The first-order valence-electron chi connectivity index (χ1n) is 11.2. The molecule has 6 nitrogen and oxygen atoms in total. The van der Waals surface area contributed by atoms with Crippen molar-refractivity contribution in [3.63, 3.8) is 0 Å². The van der Waals surface area contributed by atoms with Crippen molar-refractivity contribution in [2.45, 2.75) is 75.9 Å². The summed E-state index contributed by atoms with van der Waals surface area (Å²) in [4.78, 5) is 15.6. The van der Waals surface area contributed by atoms with E-state index < -0.39 is 17.6 Å². The molecule has 28 heavy (non-hydrogen) atoms. The van der Waals surface area contributed by atoms with Crippen LogP contribution in [0.4, 0.5) is 0 Å². The van der Waals surface area contributed by atoms with Gasteiger partial charge in [-0.1, -0.05) is 13.8 Å². The monoisotopic (exact) mass is 391 g/mol. The molecule has 0 amide bonds. The van der Waals surface area contributed by atoms with Gasteiger partial charge in [-0.15, -0.1) is 0 Å². The van der Waals surface area contributed by atoms with E-state index in [-0.39, 0.29) is 52.8 Å². The number of piperidine rings is 1. The fourth-order valence-electron chi connectivity index (χ4n) is 9.64. The van der Waals surface area contributed by atoms with Gasteiger partial charge in [-0.25, -0.2) is 0 Å². The molecule has 4 aliphatic carbocycles. The molecule has 7 rings (SSSR count). The lowest BCUT2D eigenvalue weighted by atomic mass is 9.42. The second-order valence-corrected chi connectivity index (χ2v) is 10.8. The maximum Gasteiger partial charge on any atom is 0.312 e. The standard InChI is InChI=1S/C22H33NO5/c1-4-23-10-20(2)7-6-13(27-3)22-12-9-11-5-8-21(26,14(12)19(25)28-11)15(18(22)23)16(24)17(20)22/h11-18,24,26H,4-10H2,1-3H3/t11-,12-,13+,14-,15?,16?,17-,18-,20+,21-,22+/m1/s1. The molecule has 156 valence electrons. The number of carbonyl (C=O) groups excluding carboxylic acids is 1. The highest BCUT2D eigenvalue weighted by Gasteiger charge is 2.84. The average Bonchev–Trinajstić information content (AvgIpc) is 2.73. The molecule has 0 aromatic heterocycles. The van der Waals surface area contributed by atoms with Crippen molar-refractivity contribution in [3.05, 3.63) is 0 Å². The Bertz CT molecular complexity index is 730. The predicted octanol–water partition coefficient (Wildman–Crippen LogP) is 1.19. The first-order chi connectivity index (χ1) is 13.3. The second-order valence-electron chi connectivity index (χ2n) is 10.8. The molecular formula is C22H33NO5. The van der Waals surface area contributed by atoms with E-state index in [2.05, 4.69) is 18.7 Å². The number of fused-ring (bicyclic) bond motifs is 2. The van der Waals surface area contributed by atoms with Crippen LogP contribution in [0.5, 0.6) is 0 Å². The number of likely N-dealkylation sites (tertiary alicyclic amines) is 1. The van der Waals surface area contributed by atoms with Gasteiger partial charge in [0.25, 0.3) is 0 Å². The molecule has 1 spiro atoms. The Morgan fingerprint density at radius 1 is 1.32 bits per heavy atom. The van der Waals surface area contributed by atoms with Crippen molar-refractivity contribution < 1.29 is 24.5 Å². The molecule has 0 radical (unpaired) electrons. The zero-order valence-corrected chi connectivity index (χ0v) is 17.1. The van der Waals surface area contributed by atoms with Crippen molar-refractivity contribution >= 4 is 5.97 Å². The SMILES string of the molecule is CCN1C[C@]2(C)CC[C@H](OC)[C@@]34[C@@H]5C[C@H]6CC[C@](O)(C(C(O)[C@H]23)[C@@H]14)[C@H]5C(=O)O6. The van der Waals surface area contributed by atoms with Gasteiger partial charge in [0, 0.05) is 36.9 Å². The summed E-state index contributed by atoms with van der Waals surface area (Å²) in [6.07, 6.45) is 3.38. The molecule has 2 unspecified atom stereocenters. The molecule has 4 saturated carbocycles. The van der Waals surface area contributed by atoms with Crippen LogP contribution in [0.3, 0.4) is 0 Å². The van der Waals surface area contributed by atoms with Crippen LogP contribution in [-0.2, 0) is 14.3 Å². The van der Waals surface area contributed by atoms with Crippen LogP contribution in [0.15, 0.2) is 0 Å². The molecule has 0 aromatic carbocycles. The number of methoxy groups -OCH3 is 1. The third-order valence-electron chi connectivity index (χ3n) is 10.1. The summed E-state index contributed by atoms with van der Waals surface area (Å²) in [5, 5.41) is 23.9. The maximum absolute atomic E-state index is 13.1. The molecule has 3 aliphatic heterocycles. The van der Waals surface area contributed by atoms with E-state index in [9.17, 15) is 15.0 Å². The molecule has 7 fully saturated rings. The molecule has 3 saturated heterocycles. The minimum absolute atomic E-state index is 0.0123. The molecule has 0 aromatic rings. The van der Waals surface area contributed by atoms with Gasteiger partial charge in [0.05, 0.1) is 23.7 Å². The zero-order valence-electron chi connectivity index (χ0n) is 17.1. The molecule has 3 heterocycles. The number of hydrogen-bond donors (Lipinski definition) is 2. The molecular weight excluding hydrogens is 358 g/mol. The highest BCUT2D eigenvalue weighted by Crippen LogP contribution is 2.77. The van der Waals surface area contributed by atoms with E-state index in [1.165, 1.54) is 0 Å². The quantitative estimate of drug-likeness (QED) is 0.689. The first kappa shape index (κ1) is 18.1. The number of aliphatic hydroxyl groups is 2. The number of hydrogen-bond acceptors (Lipinski definition) is 6. The van der Waals surface area contributed by atoms with Gasteiger partial charge in [0.1, 0.15) is 6.10 Å². The Labute approximate surface area is 166 Å². The van der Waals surface area contributed by atoms with Crippen LogP contribution in [0.25, 0.3) is 0 Å². The number of nitrogens with zero attached hydrogens (tertiary/aromatic N) is 1. The van der Waals surface area contributed by atoms with Crippen LogP contribution >= 0.6 is 0 Å². The molecule has 7 aliphatic rings. The molecule has 6 heteroatoms. The fourth-order valence-corrected chi connectivity index (χ4v) is 9.64. The topological polar surface area (TPSA) is 79.2 Å². The van der Waals surface area contributed by atoms with E-state index in [0.29, 0.717) is 12.8 Å². The average molecular weight is 392 g/mol. The highest BCUT2D eigenvalue weighted by molar-refractivity contribution is 5.77. The number of aliphatic hydroxyl groups excluding tert-OH is 1. The van der Waals surface area contributed by atoms with Gasteiger partial charge in [0.2, 0.25) is 0 Å². The van der Waals surface area contributed by atoms with E-state index in [4.69, 9.17) is 9.47 Å². The molecule has 2 N–H and O–H groups in total. The van der Waals surface area contributed by atoms with Gasteiger partial charge in [0.15, 0.2) is 0 Å². The zero-order chi connectivity index (χ0) is 19.6. The van der Waals surface area contributed by atoms with Crippen molar-refractivity contribution in [1.29, 1.82) is 0 Å². The van der Waals surface area contributed by atoms with E-state index >= 15 is 0 Å². The number of carbonyl (C=O) groups is 1. The minimum Gasteiger partial charge on any atom is -0.462 e. The van der Waals surface area contributed by atoms with Crippen LogP contribution in [0.1, 0.15) is 46.0 Å². The normalized spacial score (nSPS) is 61.8. The van der Waals surface area contributed by atoms with E-state index in [1.54, 1.807) is 7.11 Å². The largest absolute Gasteiger partial charge is 0.462 e. The summed E-state index contributed by atoms with van der Waals surface area (Å²) in [7, 11) is 1.79. The Morgan fingerprint density at radius 3 is 2.82 bits per heavy atom. The van der Waals surface area contributed by atoms with Gasteiger partial charge >= 0.3 is 5.97 Å². The fraction of sp³-hybridized carbons (Fsp3) is 0.955. The lowest BCUT2D eigenvalue weighted by Crippen LogP contribution is -2.76. The van der Waals surface area contributed by atoms with Crippen molar-refractivity contribution in [2.75, 3.05) is 20.2 Å². The number of ether oxygens (including phenoxy) is 2. The van der Waals surface area contributed by atoms with Crippen molar-refractivity contribution in [3.8, 4) is 0 Å². The summed E-state index contributed by atoms with van der Waals surface area (Å²) in [6.45, 7) is 6.38. The third-order valence-corrected chi connectivity index (χ3v) is 10.1. The van der Waals surface area contributed by atoms with Gasteiger partial charge in [-0.05, 0) is 50.0 Å². The van der Waals surface area contributed by atoms with Gasteiger partial charge < -0.3 is 19.7 Å². The van der Waals surface area contributed by atoms with Gasteiger partial charge in [-0.3, -0.25) is 9.69 Å². The van der Waals surface area contributed by atoms with Crippen molar-refractivity contribution in [2.24, 2.45) is 34.5 Å². The summed E-state index contributed by atoms with van der Waals surface area (Å²) in [5.74, 6) is -0.969. The molecule has 11 atom stereocenters. The summed E-state index contributed by atoms with van der Waals surface area (Å²) >= 11 is 0. The Balaban J connectivity index is 1.66. The number of rotatable bonds is 2. The van der Waals surface area contributed by atoms with Crippen molar-refractivity contribution in [1.82, 2.24) is 4.90 Å². The predicted molar refractivity (Wildman–Crippen MR) is 100 cm³/mol. The third kappa shape index (κ3) is 1.68. The maximum atomic E-state index is 13.1. The number of esters is 1. The smallest absolute Gasteiger partial charge is 0.312 e. The summed E-state index contributed by atoms with van der Waals surface area (Å²) in [5.41, 5.74) is -1.46. The Kier molecular flexibility index (Phi) is 3.44.